The number of aromatic carboxylic acids is 1. The predicted molar refractivity (Wildman–Crippen MR) is 86.5 cm³/mol. The van der Waals surface area contributed by atoms with Gasteiger partial charge in [-0.3, -0.25) is 10.1 Å². The second kappa shape index (κ2) is 7.09. The summed E-state index contributed by atoms with van der Waals surface area (Å²) in [6, 6.07) is 6.52. The lowest BCUT2D eigenvalue weighted by Crippen LogP contribution is -2.10. The summed E-state index contributed by atoms with van der Waals surface area (Å²) < 4.78 is 37.8. The first-order chi connectivity index (χ1) is 11.6. The first-order valence-corrected chi connectivity index (χ1v) is 7.50. The maximum Gasteiger partial charge on any atom is 0.416 e. The van der Waals surface area contributed by atoms with E-state index in [1.165, 1.54) is 18.2 Å². The molecular weight excluding hydrogens is 409 g/mol. The molecule has 0 atom stereocenters. The highest BCUT2D eigenvalue weighted by Crippen LogP contribution is 2.33. The maximum absolute atomic E-state index is 12.5. The number of nitro groups is 1. The lowest BCUT2D eigenvalue weighted by atomic mass is 10.1. The first kappa shape index (κ1) is 18.7. The van der Waals surface area contributed by atoms with Gasteiger partial charge in [0.25, 0.3) is 5.69 Å². The molecule has 0 aromatic heterocycles. The normalized spacial score (nSPS) is 11.2. The smallest absolute Gasteiger partial charge is 0.416 e. The summed E-state index contributed by atoms with van der Waals surface area (Å²) in [6.07, 6.45) is -4.47. The van der Waals surface area contributed by atoms with Crippen molar-refractivity contribution in [1.29, 1.82) is 0 Å². The number of nitro benzene ring substituents is 1. The third-order valence-corrected chi connectivity index (χ3v) is 3.72. The van der Waals surface area contributed by atoms with Gasteiger partial charge < -0.3 is 10.4 Å². The molecule has 0 amide bonds. The Morgan fingerprint density at radius 1 is 1.24 bits per heavy atom. The molecule has 0 spiro atoms. The van der Waals surface area contributed by atoms with E-state index in [4.69, 9.17) is 0 Å². The van der Waals surface area contributed by atoms with Gasteiger partial charge in [-0.25, -0.2) is 4.79 Å². The van der Waals surface area contributed by atoms with Crippen molar-refractivity contribution < 1.29 is 28.0 Å². The largest absolute Gasteiger partial charge is 0.478 e. The van der Waals surface area contributed by atoms with Gasteiger partial charge in [-0.15, -0.1) is 0 Å². The van der Waals surface area contributed by atoms with Gasteiger partial charge in [0.2, 0.25) is 0 Å². The molecule has 0 fully saturated rings. The van der Waals surface area contributed by atoms with Crippen LogP contribution in [0.3, 0.4) is 0 Å². The lowest BCUT2D eigenvalue weighted by molar-refractivity contribution is -0.384. The highest BCUT2D eigenvalue weighted by atomic mass is 79.9. The molecule has 2 N–H and O–H groups in total. The number of hydrogen-bond acceptors (Lipinski definition) is 4. The Balaban J connectivity index is 2.31. The molecule has 0 unspecified atom stereocenters. The van der Waals surface area contributed by atoms with Crippen LogP contribution in [0.4, 0.5) is 24.5 Å². The molecule has 0 heterocycles. The molecule has 0 saturated heterocycles. The Hall–Kier alpha value is -2.62. The highest BCUT2D eigenvalue weighted by molar-refractivity contribution is 9.10. The van der Waals surface area contributed by atoms with Gasteiger partial charge >= 0.3 is 12.1 Å². The number of carboxylic acid groups (broad SMARTS) is 1. The van der Waals surface area contributed by atoms with Crippen LogP contribution in [0.1, 0.15) is 21.5 Å². The molecule has 0 bridgehead atoms. The van der Waals surface area contributed by atoms with Crippen LogP contribution in [-0.4, -0.2) is 16.0 Å². The van der Waals surface area contributed by atoms with Gasteiger partial charge in [-0.05, 0) is 23.8 Å². The minimum absolute atomic E-state index is 0.0825. The van der Waals surface area contributed by atoms with Crippen molar-refractivity contribution in [2.75, 3.05) is 5.32 Å². The minimum Gasteiger partial charge on any atom is -0.478 e. The number of alkyl halides is 3. The molecule has 0 aliphatic rings. The Bertz CT molecular complexity index is 788. The van der Waals surface area contributed by atoms with Crippen LogP contribution < -0.4 is 5.32 Å². The SMILES string of the molecule is O=C(O)c1cc(Br)cc([N+](=O)[O-])c1NCc1ccc(C(F)(F)F)cc1. The minimum atomic E-state index is -4.47. The highest BCUT2D eigenvalue weighted by Gasteiger charge is 2.30. The number of anilines is 1. The molecule has 0 saturated carbocycles. The van der Waals surface area contributed by atoms with E-state index in [2.05, 4.69) is 21.2 Å². The van der Waals surface area contributed by atoms with Crippen molar-refractivity contribution in [3.8, 4) is 0 Å². The molecule has 25 heavy (non-hydrogen) atoms. The van der Waals surface area contributed by atoms with E-state index in [9.17, 15) is 33.2 Å². The molecule has 0 aliphatic carbocycles. The van der Waals surface area contributed by atoms with Crippen molar-refractivity contribution in [3.05, 3.63) is 67.7 Å². The molecule has 2 aromatic carbocycles. The number of carbonyl (C=O) groups is 1. The molecular formula is C15H10BrF3N2O4. The predicted octanol–water partition coefficient (Wildman–Crippen LogP) is 4.69. The fraction of sp³-hybridized carbons (Fsp3) is 0.133. The van der Waals surface area contributed by atoms with E-state index >= 15 is 0 Å². The summed E-state index contributed by atoms with van der Waals surface area (Å²) in [5.74, 6) is -1.38. The zero-order chi connectivity index (χ0) is 18.8. The third kappa shape index (κ3) is 4.47. The molecule has 132 valence electrons. The number of benzene rings is 2. The van der Waals surface area contributed by atoms with E-state index < -0.39 is 28.3 Å². The molecule has 10 heteroatoms. The van der Waals surface area contributed by atoms with Gasteiger partial charge in [0.15, 0.2) is 0 Å². The van der Waals surface area contributed by atoms with Crippen molar-refractivity contribution in [3.63, 3.8) is 0 Å². The van der Waals surface area contributed by atoms with Gasteiger partial charge in [-0.1, -0.05) is 28.1 Å². The van der Waals surface area contributed by atoms with Crippen LogP contribution in [0.15, 0.2) is 40.9 Å². The van der Waals surface area contributed by atoms with Crippen LogP contribution in [0.2, 0.25) is 0 Å². The monoisotopic (exact) mass is 418 g/mol. The summed E-state index contributed by atoms with van der Waals surface area (Å²) in [5.41, 5.74) is -1.43. The van der Waals surface area contributed by atoms with E-state index in [0.717, 1.165) is 18.2 Å². The number of rotatable bonds is 5. The number of nitrogens with zero attached hydrogens (tertiary/aromatic N) is 1. The molecule has 2 aromatic rings. The van der Waals surface area contributed by atoms with Crippen molar-refractivity contribution >= 4 is 33.3 Å². The van der Waals surface area contributed by atoms with E-state index in [1.54, 1.807) is 0 Å². The quantitative estimate of drug-likeness (QED) is 0.542. The topological polar surface area (TPSA) is 92.5 Å². The Morgan fingerprint density at radius 3 is 2.32 bits per heavy atom. The fourth-order valence-corrected chi connectivity index (χ4v) is 2.54. The van der Waals surface area contributed by atoms with E-state index in [0.29, 0.717) is 5.56 Å². The molecule has 0 aliphatic heterocycles. The summed E-state index contributed by atoms with van der Waals surface area (Å²) in [4.78, 5) is 21.7. The maximum atomic E-state index is 12.5. The first-order valence-electron chi connectivity index (χ1n) is 6.71. The average Bonchev–Trinajstić information content (AvgIpc) is 2.52. The summed E-state index contributed by atoms with van der Waals surface area (Å²) in [6.45, 7) is -0.0825. The molecule has 0 radical (unpaired) electrons. The number of hydrogen-bond donors (Lipinski definition) is 2. The third-order valence-electron chi connectivity index (χ3n) is 3.26. The molecule has 2 rings (SSSR count). The van der Waals surface area contributed by atoms with Crippen molar-refractivity contribution in [2.45, 2.75) is 12.7 Å². The van der Waals surface area contributed by atoms with E-state index in [1.807, 2.05) is 0 Å². The lowest BCUT2D eigenvalue weighted by Gasteiger charge is -2.12. The summed E-state index contributed by atoms with van der Waals surface area (Å²) in [5, 5.41) is 23.0. The average molecular weight is 419 g/mol. The van der Waals surface area contributed by atoms with Crippen molar-refractivity contribution in [2.24, 2.45) is 0 Å². The van der Waals surface area contributed by atoms with Crippen molar-refractivity contribution in [1.82, 2.24) is 0 Å². The van der Waals surface area contributed by atoms with E-state index in [-0.39, 0.29) is 22.3 Å². The number of halogens is 4. The van der Waals surface area contributed by atoms with Gasteiger partial charge in [0.1, 0.15) is 5.69 Å². The van der Waals surface area contributed by atoms with Crippen LogP contribution in [0, 0.1) is 10.1 Å². The second-order valence-corrected chi connectivity index (χ2v) is 5.87. The van der Waals surface area contributed by atoms with Gasteiger partial charge in [0.05, 0.1) is 16.1 Å². The number of nitrogens with one attached hydrogen (secondary N) is 1. The summed E-state index contributed by atoms with van der Waals surface area (Å²) in [7, 11) is 0. The number of carboxylic acids is 1. The van der Waals surface area contributed by atoms with Crippen LogP contribution >= 0.6 is 15.9 Å². The Morgan fingerprint density at radius 2 is 1.84 bits per heavy atom. The fourth-order valence-electron chi connectivity index (χ4n) is 2.09. The van der Waals surface area contributed by atoms with Crippen LogP contribution in [0.25, 0.3) is 0 Å². The zero-order valence-corrected chi connectivity index (χ0v) is 13.9. The molecule has 6 nitrogen and oxygen atoms in total. The van der Waals surface area contributed by atoms with Gasteiger partial charge in [0, 0.05) is 17.1 Å². The second-order valence-electron chi connectivity index (χ2n) is 4.96. The zero-order valence-electron chi connectivity index (χ0n) is 12.3. The Labute approximate surface area is 147 Å². The standard InChI is InChI=1S/C15H10BrF3N2O4/c16-10-5-11(14(22)23)13(12(6-10)21(24)25)20-7-8-1-3-9(4-2-8)15(17,18)19/h1-6,20H,7H2,(H,22,23). The summed E-state index contributed by atoms with van der Waals surface area (Å²) >= 11 is 3.00. The van der Waals surface area contributed by atoms with Gasteiger partial charge in [-0.2, -0.15) is 13.2 Å². The van der Waals surface area contributed by atoms with Crippen LogP contribution in [0.5, 0.6) is 0 Å². The van der Waals surface area contributed by atoms with Crippen LogP contribution in [-0.2, 0) is 12.7 Å². The Kier molecular flexibility index (Phi) is 5.31.